The Morgan fingerprint density at radius 1 is 1.11 bits per heavy atom. The standard InChI is InChI=1S/C19H21N3O5/c23-16-4-3-15(17(24)20-16)22-10-12-9-13(1-2-14(12)18(22)25)21-7-5-11(6-8-21)19(26)27/h1-2,9,11,15H,3-8,10H2,(H,26,27)(H,20,23,24). The summed E-state index contributed by atoms with van der Waals surface area (Å²) in [5.41, 5.74) is 2.42. The zero-order valence-electron chi connectivity index (χ0n) is 14.8. The second kappa shape index (κ2) is 6.68. The molecule has 0 aliphatic carbocycles. The summed E-state index contributed by atoms with van der Waals surface area (Å²) in [6.07, 6.45) is 1.79. The number of hydrogen-bond donors (Lipinski definition) is 2. The van der Waals surface area contributed by atoms with Gasteiger partial charge in [0.15, 0.2) is 0 Å². The molecule has 2 saturated heterocycles. The van der Waals surface area contributed by atoms with E-state index < -0.39 is 17.9 Å². The van der Waals surface area contributed by atoms with E-state index in [9.17, 15) is 19.2 Å². The first-order valence-electron chi connectivity index (χ1n) is 9.19. The van der Waals surface area contributed by atoms with Crippen molar-refractivity contribution in [3.8, 4) is 0 Å². The van der Waals surface area contributed by atoms with Gasteiger partial charge in [-0.25, -0.2) is 0 Å². The zero-order chi connectivity index (χ0) is 19.1. The Hall–Kier alpha value is -2.90. The van der Waals surface area contributed by atoms with E-state index in [-0.39, 0.29) is 24.2 Å². The maximum atomic E-state index is 12.7. The summed E-state index contributed by atoms with van der Waals surface area (Å²) in [4.78, 5) is 50.9. The fourth-order valence-electron chi connectivity index (χ4n) is 4.14. The van der Waals surface area contributed by atoms with E-state index in [1.807, 2.05) is 12.1 Å². The number of anilines is 1. The number of hydrogen-bond acceptors (Lipinski definition) is 5. The predicted molar refractivity (Wildman–Crippen MR) is 95.1 cm³/mol. The smallest absolute Gasteiger partial charge is 0.306 e. The normalized spacial score (nSPS) is 23.4. The Morgan fingerprint density at radius 2 is 1.85 bits per heavy atom. The van der Waals surface area contributed by atoms with Crippen LogP contribution in [0.15, 0.2) is 18.2 Å². The van der Waals surface area contributed by atoms with Gasteiger partial charge in [-0.05, 0) is 43.0 Å². The average Bonchev–Trinajstić information content (AvgIpc) is 2.98. The summed E-state index contributed by atoms with van der Waals surface area (Å²) in [5, 5.41) is 11.4. The molecule has 0 bridgehead atoms. The lowest BCUT2D eigenvalue weighted by Crippen LogP contribution is -2.52. The third-order valence-electron chi connectivity index (χ3n) is 5.72. The quantitative estimate of drug-likeness (QED) is 0.760. The minimum atomic E-state index is -0.742. The van der Waals surface area contributed by atoms with Crippen LogP contribution < -0.4 is 10.2 Å². The topological polar surface area (TPSA) is 107 Å². The number of piperidine rings is 2. The molecule has 3 heterocycles. The molecule has 0 radical (unpaired) electrons. The van der Waals surface area contributed by atoms with Crippen molar-refractivity contribution in [1.29, 1.82) is 0 Å². The molecule has 8 nitrogen and oxygen atoms in total. The van der Waals surface area contributed by atoms with Crippen LogP contribution in [0.25, 0.3) is 0 Å². The molecule has 3 amide bonds. The molecule has 0 aromatic heterocycles. The highest BCUT2D eigenvalue weighted by molar-refractivity contribution is 6.05. The molecule has 3 aliphatic heterocycles. The van der Waals surface area contributed by atoms with Crippen molar-refractivity contribution in [2.45, 2.75) is 38.3 Å². The van der Waals surface area contributed by atoms with Crippen LogP contribution >= 0.6 is 0 Å². The van der Waals surface area contributed by atoms with Gasteiger partial charge in [-0.2, -0.15) is 0 Å². The lowest BCUT2D eigenvalue weighted by molar-refractivity contribution is -0.142. The van der Waals surface area contributed by atoms with E-state index in [1.54, 1.807) is 6.07 Å². The average molecular weight is 371 g/mol. The fourth-order valence-corrected chi connectivity index (χ4v) is 4.14. The highest BCUT2D eigenvalue weighted by Gasteiger charge is 2.39. The third-order valence-corrected chi connectivity index (χ3v) is 5.72. The number of nitrogens with one attached hydrogen (secondary N) is 1. The Balaban J connectivity index is 1.49. The van der Waals surface area contributed by atoms with Gasteiger partial charge in [-0.3, -0.25) is 24.5 Å². The van der Waals surface area contributed by atoms with Crippen molar-refractivity contribution in [3.05, 3.63) is 29.3 Å². The summed E-state index contributed by atoms with van der Waals surface area (Å²) in [6.45, 7) is 1.68. The maximum absolute atomic E-state index is 12.7. The van der Waals surface area contributed by atoms with Crippen LogP contribution in [0, 0.1) is 5.92 Å². The van der Waals surface area contributed by atoms with Crippen molar-refractivity contribution >= 4 is 29.4 Å². The van der Waals surface area contributed by atoms with Crippen molar-refractivity contribution in [1.82, 2.24) is 10.2 Å². The van der Waals surface area contributed by atoms with Gasteiger partial charge < -0.3 is 14.9 Å². The van der Waals surface area contributed by atoms with E-state index >= 15 is 0 Å². The number of benzene rings is 1. The zero-order valence-corrected chi connectivity index (χ0v) is 14.8. The van der Waals surface area contributed by atoms with Crippen LogP contribution in [0.1, 0.15) is 41.6 Å². The molecule has 0 saturated carbocycles. The van der Waals surface area contributed by atoms with E-state index in [0.717, 1.165) is 11.3 Å². The van der Waals surface area contributed by atoms with Gasteiger partial charge in [-0.15, -0.1) is 0 Å². The molecule has 1 unspecified atom stereocenters. The van der Waals surface area contributed by atoms with Gasteiger partial charge in [-0.1, -0.05) is 0 Å². The summed E-state index contributed by atoms with van der Waals surface area (Å²) in [7, 11) is 0. The summed E-state index contributed by atoms with van der Waals surface area (Å²) in [5.74, 6) is -1.93. The second-order valence-electron chi connectivity index (χ2n) is 7.34. The number of imide groups is 1. The number of rotatable bonds is 3. The lowest BCUT2D eigenvalue weighted by Gasteiger charge is -2.32. The van der Waals surface area contributed by atoms with Crippen LogP contribution in [0.4, 0.5) is 5.69 Å². The fraction of sp³-hybridized carbons (Fsp3) is 0.474. The molecule has 142 valence electrons. The summed E-state index contributed by atoms with van der Waals surface area (Å²) >= 11 is 0. The molecule has 1 aromatic rings. The number of carbonyl (C=O) groups is 4. The Labute approximate surface area is 156 Å². The molecule has 2 N–H and O–H groups in total. The molecule has 27 heavy (non-hydrogen) atoms. The SMILES string of the molecule is O=C1CCC(N2Cc3cc(N4CCC(C(=O)O)CC4)ccc3C2=O)C(=O)N1. The first-order valence-corrected chi connectivity index (χ1v) is 9.19. The Morgan fingerprint density at radius 3 is 2.52 bits per heavy atom. The number of aliphatic carboxylic acids is 1. The minimum absolute atomic E-state index is 0.185. The monoisotopic (exact) mass is 371 g/mol. The minimum Gasteiger partial charge on any atom is -0.481 e. The Bertz CT molecular complexity index is 829. The van der Waals surface area contributed by atoms with Crippen molar-refractivity contribution in [3.63, 3.8) is 0 Å². The first-order chi connectivity index (χ1) is 12.9. The Kier molecular flexibility index (Phi) is 4.33. The summed E-state index contributed by atoms with van der Waals surface area (Å²) in [6, 6.07) is 5.01. The summed E-state index contributed by atoms with van der Waals surface area (Å²) < 4.78 is 0. The number of amides is 3. The van der Waals surface area contributed by atoms with Crippen molar-refractivity contribution < 1.29 is 24.3 Å². The maximum Gasteiger partial charge on any atom is 0.306 e. The molecule has 4 rings (SSSR count). The number of carboxylic acids is 1. The molecular weight excluding hydrogens is 350 g/mol. The molecule has 3 aliphatic rings. The van der Waals surface area contributed by atoms with Crippen molar-refractivity contribution in [2.24, 2.45) is 5.92 Å². The first kappa shape index (κ1) is 17.5. The molecule has 1 aromatic carbocycles. The van der Waals surface area contributed by atoms with Gasteiger partial charge in [0.2, 0.25) is 11.8 Å². The van der Waals surface area contributed by atoms with Gasteiger partial charge in [0.25, 0.3) is 5.91 Å². The highest BCUT2D eigenvalue weighted by Crippen LogP contribution is 2.32. The van der Waals surface area contributed by atoms with E-state index in [2.05, 4.69) is 10.2 Å². The van der Waals surface area contributed by atoms with E-state index in [0.29, 0.717) is 44.5 Å². The molecule has 1 atom stereocenters. The number of nitrogens with zero attached hydrogens (tertiary/aromatic N) is 2. The van der Waals surface area contributed by atoms with E-state index in [4.69, 9.17) is 5.11 Å². The number of fused-ring (bicyclic) bond motifs is 1. The molecule has 8 heteroatoms. The largest absolute Gasteiger partial charge is 0.481 e. The van der Waals surface area contributed by atoms with E-state index in [1.165, 1.54) is 4.90 Å². The molecule has 0 spiro atoms. The number of carbonyl (C=O) groups excluding carboxylic acids is 3. The van der Waals surface area contributed by atoms with Crippen LogP contribution in [-0.2, 0) is 20.9 Å². The predicted octanol–water partition coefficient (Wildman–Crippen LogP) is 0.749. The van der Waals surface area contributed by atoms with Crippen LogP contribution in [0.3, 0.4) is 0 Å². The van der Waals surface area contributed by atoms with Gasteiger partial charge in [0, 0.05) is 37.3 Å². The highest BCUT2D eigenvalue weighted by atomic mass is 16.4. The van der Waals surface area contributed by atoms with Gasteiger partial charge in [0.05, 0.1) is 5.92 Å². The molecular formula is C19H21N3O5. The van der Waals surface area contributed by atoms with Gasteiger partial charge in [0.1, 0.15) is 6.04 Å². The van der Waals surface area contributed by atoms with Crippen LogP contribution in [0.5, 0.6) is 0 Å². The molecule has 2 fully saturated rings. The second-order valence-corrected chi connectivity index (χ2v) is 7.34. The number of carboxylic acid groups (broad SMARTS) is 1. The van der Waals surface area contributed by atoms with Crippen LogP contribution in [-0.4, -0.2) is 52.8 Å². The lowest BCUT2D eigenvalue weighted by atomic mass is 9.96. The third kappa shape index (κ3) is 3.15. The van der Waals surface area contributed by atoms with Crippen LogP contribution in [0.2, 0.25) is 0 Å². The van der Waals surface area contributed by atoms with Gasteiger partial charge >= 0.3 is 5.97 Å². The van der Waals surface area contributed by atoms with Crippen molar-refractivity contribution in [2.75, 3.05) is 18.0 Å².